The molecule has 194 valence electrons. The average Bonchev–Trinajstić information content (AvgIpc) is 3.61. The summed E-state index contributed by atoms with van der Waals surface area (Å²) in [4.78, 5) is 0. The van der Waals surface area contributed by atoms with Gasteiger partial charge in [0.25, 0.3) is 0 Å². The number of fused-ring (bicyclic) bond motifs is 6. The maximum absolute atomic E-state index is 9.98. The highest BCUT2D eigenvalue weighted by molar-refractivity contribution is 6.07. The molecule has 0 bridgehead atoms. The van der Waals surface area contributed by atoms with Crippen molar-refractivity contribution in [2.24, 2.45) is 0 Å². The van der Waals surface area contributed by atoms with Gasteiger partial charge in [-0.3, -0.25) is 0 Å². The van der Waals surface area contributed by atoms with Crippen molar-refractivity contribution in [1.29, 1.82) is 10.5 Å². The van der Waals surface area contributed by atoms with Crippen molar-refractivity contribution in [3.63, 3.8) is 0 Å². The third kappa shape index (κ3) is 3.75. The van der Waals surface area contributed by atoms with E-state index < -0.39 is 0 Å². The van der Waals surface area contributed by atoms with Crippen LogP contribution >= 0.6 is 0 Å². The van der Waals surface area contributed by atoms with Crippen LogP contribution < -0.4 is 0 Å². The predicted octanol–water partition coefficient (Wildman–Crippen LogP) is 10.2. The fraction of sp³-hybridized carbons (Fsp3) is 0. The van der Waals surface area contributed by atoms with Crippen molar-refractivity contribution >= 4 is 43.9 Å². The summed E-state index contributed by atoms with van der Waals surface area (Å²) < 4.78 is 12.2. The standard InChI is InChI=1S/C38H20N2O2/c39-21-23-9-12-30(29(15-23)22-40)28-17-26(24-10-13-37-33(19-24)31-5-1-3-7-35(31)41-37)16-27(18-28)25-11-14-38-34(20-25)32-6-2-4-8-36(32)42-38/h1-20H. The molecule has 0 saturated carbocycles. The van der Waals surface area contributed by atoms with Crippen molar-refractivity contribution in [2.45, 2.75) is 0 Å². The first kappa shape index (κ1) is 23.8. The molecule has 0 saturated heterocycles. The van der Waals surface area contributed by atoms with Crippen LogP contribution in [-0.4, -0.2) is 0 Å². The minimum atomic E-state index is 0.459. The molecule has 0 amide bonds. The molecule has 0 atom stereocenters. The van der Waals surface area contributed by atoms with Crippen molar-refractivity contribution in [3.05, 3.63) is 132 Å². The Labute approximate surface area is 240 Å². The zero-order valence-corrected chi connectivity index (χ0v) is 22.3. The molecular formula is C38H20N2O2. The van der Waals surface area contributed by atoms with Gasteiger partial charge in [0.2, 0.25) is 0 Å². The molecule has 0 aliphatic heterocycles. The molecule has 0 spiro atoms. The van der Waals surface area contributed by atoms with E-state index in [-0.39, 0.29) is 0 Å². The SMILES string of the molecule is N#Cc1ccc(-c2cc(-c3ccc4oc5ccccc5c4c3)cc(-c3ccc4oc5ccccc5c4c3)c2)c(C#N)c1. The lowest BCUT2D eigenvalue weighted by atomic mass is 9.90. The molecule has 0 fully saturated rings. The fourth-order valence-corrected chi connectivity index (χ4v) is 5.89. The van der Waals surface area contributed by atoms with E-state index in [0.717, 1.165) is 77.3 Å². The second-order valence-corrected chi connectivity index (χ2v) is 10.4. The summed E-state index contributed by atoms with van der Waals surface area (Å²) in [7, 11) is 0. The van der Waals surface area contributed by atoms with Crippen LogP contribution in [0.25, 0.3) is 77.3 Å². The van der Waals surface area contributed by atoms with E-state index >= 15 is 0 Å². The van der Waals surface area contributed by atoms with Gasteiger partial charge < -0.3 is 8.83 Å². The Morgan fingerprint density at radius 2 is 0.929 bits per heavy atom. The van der Waals surface area contributed by atoms with Crippen LogP contribution in [0.15, 0.2) is 130 Å². The number of hydrogen-bond donors (Lipinski definition) is 0. The number of para-hydroxylation sites is 2. The molecule has 0 aliphatic carbocycles. The Kier molecular flexibility index (Phi) is 5.22. The highest BCUT2D eigenvalue weighted by atomic mass is 16.3. The second kappa shape index (κ2) is 9.24. The third-order valence-corrected chi connectivity index (χ3v) is 7.93. The zero-order chi connectivity index (χ0) is 28.2. The van der Waals surface area contributed by atoms with Crippen LogP contribution in [0, 0.1) is 22.7 Å². The van der Waals surface area contributed by atoms with E-state index in [2.05, 4.69) is 66.7 Å². The molecular weight excluding hydrogens is 516 g/mol. The molecule has 42 heavy (non-hydrogen) atoms. The zero-order valence-electron chi connectivity index (χ0n) is 22.3. The van der Waals surface area contributed by atoms with Crippen molar-refractivity contribution in [1.82, 2.24) is 0 Å². The Balaban J connectivity index is 1.37. The van der Waals surface area contributed by atoms with E-state index in [1.165, 1.54) is 0 Å². The summed E-state index contributed by atoms with van der Waals surface area (Å²) in [6, 6.07) is 44.8. The number of hydrogen-bond acceptors (Lipinski definition) is 4. The molecule has 0 N–H and O–H groups in total. The van der Waals surface area contributed by atoms with Crippen molar-refractivity contribution in [3.8, 4) is 45.5 Å². The van der Waals surface area contributed by atoms with E-state index in [1.54, 1.807) is 12.1 Å². The third-order valence-electron chi connectivity index (χ3n) is 7.93. The fourth-order valence-electron chi connectivity index (χ4n) is 5.89. The van der Waals surface area contributed by atoms with E-state index in [4.69, 9.17) is 8.83 Å². The Morgan fingerprint density at radius 1 is 0.405 bits per heavy atom. The first-order valence-electron chi connectivity index (χ1n) is 13.6. The molecule has 8 aromatic rings. The molecule has 4 heteroatoms. The summed E-state index contributed by atoms with van der Waals surface area (Å²) in [5.41, 5.74) is 10.1. The normalized spacial score (nSPS) is 11.3. The van der Waals surface area contributed by atoms with Crippen molar-refractivity contribution < 1.29 is 8.83 Å². The monoisotopic (exact) mass is 536 g/mol. The molecule has 2 heterocycles. The lowest BCUT2D eigenvalue weighted by Crippen LogP contribution is -1.90. The van der Waals surface area contributed by atoms with Gasteiger partial charge in [-0.05, 0) is 100 Å². The lowest BCUT2D eigenvalue weighted by molar-refractivity contribution is 0.668. The number of rotatable bonds is 3. The van der Waals surface area contributed by atoms with Gasteiger partial charge in [0.05, 0.1) is 23.3 Å². The van der Waals surface area contributed by atoms with E-state index in [0.29, 0.717) is 11.1 Å². The molecule has 2 aromatic heterocycles. The summed E-state index contributed by atoms with van der Waals surface area (Å²) in [5, 5.41) is 23.6. The van der Waals surface area contributed by atoms with Gasteiger partial charge >= 0.3 is 0 Å². The van der Waals surface area contributed by atoms with Crippen molar-refractivity contribution in [2.75, 3.05) is 0 Å². The van der Waals surface area contributed by atoms with Gasteiger partial charge in [0.1, 0.15) is 22.3 Å². The minimum absolute atomic E-state index is 0.459. The maximum atomic E-state index is 9.98. The number of nitrogens with zero attached hydrogens (tertiary/aromatic N) is 2. The molecule has 0 unspecified atom stereocenters. The van der Waals surface area contributed by atoms with Crippen LogP contribution in [0.2, 0.25) is 0 Å². The smallest absolute Gasteiger partial charge is 0.135 e. The van der Waals surface area contributed by atoms with Crippen LogP contribution in [0.5, 0.6) is 0 Å². The minimum Gasteiger partial charge on any atom is -0.456 e. The summed E-state index contributed by atoms with van der Waals surface area (Å²) in [6.07, 6.45) is 0. The highest BCUT2D eigenvalue weighted by Crippen LogP contribution is 2.39. The lowest BCUT2D eigenvalue weighted by Gasteiger charge is -2.13. The Bertz CT molecular complexity index is 2310. The molecule has 8 rings (SSSR count). The number of nitriles is 2. The average molecular weight is 537 g/mol. The predicted molar refractivity (Wildman–Crippen MR) is 167 cm³/mol. The molecule has 0 aliphatic rings. The molecule has 4 nitrogen and oxygen atoms in total. The van der Waals surface area contributed by atoms with Crippen LogP contribution in [0.4, 0.5) is 0 Å². The topological polar surface area (TPSA) is 73.9 Å². The van der Waals surface area contributed by atoms with Gasteiger partial charge in [-0.25, -0.2) is 0 Å². The van der Waals surface area contributed by atoms with Gasteiger partial charge in [-0.2, -0.15) is 10.5 Å². The van der Waals surface area contributed by atoms with Crippen LogP contribution in [0.1, 0.15) is 11.1 Å². The first-order chi connectivity index (χ1) is 20.7. The maximum Gasteiger partial charge on any atom is 0.135 e. The van der Waals surface area contributed by atoms with E-state index in [1.807, 2.05) is 54.6 Å². The van der Waals surface area contributed by atoms with E-state index in [9.17, 15) is 10.5 Å². The van der Waals surface area contributed by atoms with Gasteiger partial charge in [-0.15, -0.1) is 0 Å². The molecule has 6 aromatic carbocycles. The second-order valence-electron chi connectivity index (χ2n) is 10.4. The number of furan rings is 2. The summed E-state index contributed by atoms with van der Waals surface area (Å²) in [6.45, 7) is 0. The van der Waals surface area contributed by atoms with Gasteiger partial charge in [-0.1, -0.05) is 54.6 Å². The largest absolute Gasteiger partial charge is 0.456 e. The van der Waals surface area contributed by atoms with Gasteiger partial charge in [0.15, 0.2) is 0 Å². The quantitative estimate of drug-likeness (QED) is 0.225. The Morgan fingerprint density at radius 3 is 1.48 bits per heavy atom. The van der Waals surface area contributed by atoms with Gasteiger partial charge in [0, 0.05) is 21.5 Å². The van der Waals surface area contributed by atoms with Crippen LogP contribution in [-0.2, 0) is 0 Å². The summed E-state index contributed by atoms with van der Waals surface area (Å²) in [5.74, 6) is 0. The highest BCUT2D eigenvalue weighted by Gasteiger charge is 2.15. The summed E-state index contributed by atoms with van der Waals surface area (Å²) >= 11 is 0. The number of benzene rings is 6. The Hall–Kier alpha value is -6.10. The van der Waals surface area contributed by atoms with Crippen LogP contribution in [0.3, 0.4) is 0 Å². The molecule has 0 radical (unpaired) electrons. The first-order valence-corrected chi connectivity index (χ1v) is 13.6.